The van der Waals surface area contributed by atoms with Gasteiger partial charge in [-0.05, 0) is 24.6 Å². The molecule has 0 aromatic carbocycles. The van der Waals surface area contributed by atoms with Gasteiger partial charge in [0, 0.05) is 5.66 Å². The van der Waals surface area contributed by atoms with Gasteiger partial charge in [0.25, 0.3) is 0 Å². The van der Waals surface area contributed by atoms with Crippen molar-refractivity contribution < 1.29 is 23.7 Å². The molecule has 5 nitrogen and oxygen atoms in total. The average molecular weight is 260 g/mol. The van der Waals surface area contributed by atoms with E-state index in [-0.39, 0.29) is 5.66 Å². The van der Waals surface area contributed by atoms with Crippen molar-refractivity contribution in [1.29, 1.82) is 0 Å². The molecule has 2 unspecified atom stereocenters. The van der Waals surface area contributed by atoms with Gasteiger partial charge in [-0.2, -0.15) is 4.67 Å². The Kier molecular flexibility index (Phi) is 5.21. The van der Waals surface area contributed by atoms with Crippen LogP contribution in [0.15, 0.2) is 0 Å². The second-order valence-corrected chi connectivity index (χ2v) is 7.56. The van der Waals surface area contributed by atoms with Crippen LogP contribution in [0, 0.1) is 0 Å². The fourth-order valence-corrected chi connectivity index (χ4v) is 4.28. The summed E-state index contributed by atoms with van der Waals surface area (Å²) in [5.74, 6) is 0. The van der Waals surface area contributed by atoms with E-state index in [0.29, 0.717) is 0 Å². The number of hydrogen-bond acceptors (Lipinski definition) is 4. The van der Waals surface area contributed by atoms with Crippen molar-refractivity contribution in [3.8, 4) is 0 Å². The first-order valence-corrected chi connectivity index (χ1v) is 8.44. The summed E-state index contributed by atoms with van der Waals surface area (Å²) in [7, 11) is -3.18. The topological polar surface area (TPSA) is 76.0 Å². The van der Waals surface area contributed by atoms with Crippen LogP contribution in [0.25, 0.3) is 0 Å². The summed E-state index contributed by atoms with van der Waals surface area (Å²) in [5, 5.41) is 0. The third-order valence-corrected chi connectivity index (χ3v) is 5.42. The molecule has 14 heavy (non-hydrogen) atoms. The van der Waals surface area contributed by atoms with Gasteiger partial charge in [-0.25, -0.2) is 0 Å². The summed E-state index contributed by atoms with van der Waals surface area (Å²) in [6.45, 7) is -3.05. The zero-order valence-corrected chi connectivity index (χ0v) is 10.3. The van der Waals surface area contributed by atoms with Gasteiger partial charge in [-0.1, -0.05) is 19.3 Å². The molecule has 0 bridgehead atoms. The van der Waals surface area contributed by atoms with Crippen molar-refractivity contribution in [2.24, 2.45) is 0 Å². The molecule has 0 aromatic rings. The zero-order chi connectivity index (χ0) is 10.6. The minimum atomic E-state index is -3.18. The smallest absolute Gasteiger partial charge is 0.343 e. The van der Waals surface area contributed by atoms with Crippen LogP contribution in [0.1, 0.15) is 32.1 Å². The molecule has 0 aromatic heterocycles. The van der Waals surface area contributed by atoms with Gasteiger partial charge in [-0.3, -0.25) is 4.57 Å². The van der Waals surface area contributed by atoms with Crippen LogP contribution in [-0.4, -0.2) is 15.4 Å². The molecule has 1 rings (SSSR count). The lowest BCUT2D eigenvalue weighted by molar-refractivity contribution is -0.102. The van der Waals surface area contributed by atoms with Gasteiger partial charge in [0.05, 0.1) is 0 Å². The fourth-order valence-electron chi connectivity index (χ4n) is 1.55. The highest BCUT2D eigenvalue weighted by atomic mass is 32.5. The molecule has 2 atom stereocenters. The largest absolute Gasteiger partial charge is 0.345 e. The highest BCUT2D eigenvalue weighted by Crippen LogP contribution is 2.54. The quantitative estimate of drug-likeness (QED) is 0.457. The first-order valence-electron chi connectivity index (χ1n) is 4.44. The van der Waals surface area contributed by atoms with Gasteiger partial charge in [0.15, 0.2) is 0 Å². The summed E-state index contributed by atoms with van der Waals surface area (Å²) in [6, 6.07) is 0. The molecule has 0 saturated heterocycles. The lowest BCUT2D eigenvalue weighted by Crippen LogP contribution is -2.13. The normalized spacial score (nSPS) is 25.6. The minimum absolute atomic E-state index is 0.0902. The van der Waals surface area contributed by atoms with Gasteiger partial charge in [0.1, 0.15) is 0 Å². The van der Waals surface area contributed by atoms with E-state index in [1.807, 2.05) is 0 Å². The summed E-state index contributed by atoms with van der Waals surface area (Å²) >= 11 is 4.87. The Morgan fingerprint density at radius 1 is 1.36 bits per heavy atom. The van der Waals surface area contributed by atoms with Crippen LogP contribution in [0.4, 0.5) is 0 Å². The van der Waals surface area contributed by atoms with E-state index < -0.39 is 14.7 Å². The summed E-state index contributed by atoms with van der Waals surface area (Å²) < 4.78 is 18.8. The maximum absolute atomic E-state index is 10.2. The highest BCUT2D eigenvalue weighted by Gasteiger charge is 2.30. The summed E-state index contributed by atoms with van der Waals surface area (Å²) in [5.41, 5.74) is -0.0902. The van der Waals surface area contributed by atoms with Crippen molar-refractivity contribution in [3.63, 3.8) is 0 Å². The summed E-state index contributed by atoms with van der Waals surface area (Å²) in [6.07, 6.45) is 4.79. The van der Waals surface area contributed by atoms with Gasteiger partial charge in [0.2, 0.25) is 6.49 Å². The molecular weight excluding hydrogens is 246 g/mol. The molecule has 1 aliphatic carbocycles. The molecule has 1 aliphatic rings. The third kappa shape index (κ3) is 4.07. The van der Waals surface area contributed by atoms with Gasteiger partial charge >= 0.3 is 8.25 Å². The molecule has 84 valence electrons. The minimum Gasteiger partial charge on any atom is -0.343 e. The van der Waals surface area contributed by atoms with E-state index in [9.17, 15) is 9.46 Å². The summed E-state index contributed by atoms with van der Waals surface area (Å²) in [4.78, 5) is 18.1. The SMILES string of the molecule is O=[PH](O)OOP(O)(=S)C1CCCCC1. The Morgan fingerprint density at radius 3 is 2.43 bits per heavy atom. The average Bonchev–Trinajstić information content (AvgIpc) is 2.16. The van der Waals surface area contributed by atoms with E-state index in [2.05, 4.69) is 9.35 Å². The van der Waals surface area contributed by atoms with Gasteiger partial charge in [-0.15, -0.1) is 4.67 Å². The Hall–Kier alpha value is 0.720. The molecule has 0 heterocycles. The fraction of sp³-hybridized carbons (Fsp3) is 1.00. The van der Waals surface area contributed by atoms with Crippen molar-refractivity contribution >= 4 is 26.6 Å². The second kappa shape index (κ2) is 5.71. The van der Waals surface area contributed by atoms with Crippen LogP contribution >= 0.6 is 14.7 Å². The molecule has 8 heteroatoms. The van der Waals surface area contributed by atoms with Crippen LogP contribution in [-0.2, 0) is 25.7 Å². The standard InChI is InChI=1S/C6H14O5P2S/c7-12(8)10-11-13(9,14)6-4-2-1-3-5-6/h6,12H,1-5H2,(H,7,8)(H,9,14). The van der Waals surface area contributed by atoms with Crippen molar-refractivity contribution in [2.75, 3.05) is 0 Å². The Morgan fingerprint density at radius 2 is 1.93 bits per heavy atom. The molecular formula is C6H14O5P2S. The molecule has 2 N–H and O–H groups in total. The van der Waals surface area contributed by atoms with Crippen molar-refractivity contribution in [2.45, 2.75) is 37.8 Å². The predicted molar refractivity (Wildman–Crippen MR) is 56.8 cm³/mol. The molecule has 1 fully saturated rings. The van der Waals surface area contributed by atoms with Crippen LogP contribution in [0.5, 0.6) is 0 Å². The number of hydrogen-bond donors (Lipinski definition) is 2. The Labute approximate surface area is 88.5 Å². The van der Waals surface area contributed by atoms with Gasteiger partial charge < -0.3 is 9.79 Å². The molecule has 1 saturated carbocycles. The highest BCUT2D eigenvalue weighted by molar-refractivity contribution is 8.09. The zero-order valence-electron chi connectivity index (χ0n) is 7.59. The first-order chi connectivity index (χ1) is 6.52. The lowest BCUT2D eigenvalue weighted by Gasteiger charge is -2.27. The first kappa shape index (κ1) is 12.8. The molecule has 0 radical (unpaired) electrons. The lowest BCUT2D eigenvalue weighted by atomic mass is 10.0. The predicted octanol–water partition coefficient (Wildman–Crippen LogP) is 1.95. The Bertz CT molecular complexity index is 253. The maximum Gasteiger partial charge on any atom is 0.345 e. The van der Waals surface area contributed by atoms with E-state index in [1.165, 1.54) is 0 Å². The number of rotatable bonds is 4. The molecule has 0 spiro atoms. The van der Waals surface area contributed by atoms with Crippen LogP contribution in [0.2, 0.25) is 0 Å². The third-order valence-electron chi connectivity index (χ3n) is 2.25. The monoisotopic (exact) mass is 260 g/mol. The van der Waals surface area contributed by atoms with Crippen molar-refractivity contribution in [1.82, 2.24) is 0 Å². The maximum atomic E-state index is 10.2. The van der Waals surface area contributed by atoms with Crippen LogP contribution < -0.4 is 0 Å². The molecule has 0 amide bonds. The van der Waals surface area contributed by atoms with E-state index in [4.69, 9.17) is 16.7 Å². The van der Waals surface area contributed by atoms with E-state index in [1.54, 1.807) is 0 Å². The second-order valence-electron chi connectivity index (χ2n) is 3.28. The van der Waals surface area contributed by atoms with E-state index in [0.717, 1.165) is 32.1 Å². The van der Waals surface area contributed by atoms with Crippen LogP contribution in [0.3, 0.4) is 0 Å². The van der Waals surface area contributed by atoms with E-state index >= 15 is 0 Å². The Balaban J connectivity index is 2.45. The van der Waals surface area contributed by atoms with Crippen molar-refractivity contribution in [3.05, 3.63) is 0 Å². The molecule has 0 aliphatic heterocycles.